The Morgan fingerprint density at radius 1 is 1.12 bits per heavy atom. The lowest BCUT2D eigenvalue weighted by molar-refractivity contribution is -0.0626. The highest BCUT2D eigenvalue weighted by Crippen LogP contribution is 2.42. The molecule has 2 heteroatoms. The number of rotatable bonds is 3. The Labute approximate surface area is 100.0 Å². The van der Waals surface area contributed by atoms with Crippen molar-refractivity contribution < 1.29 is 0 Å². The Balaban J connectivity index is 1.44. The minimum atomic E-state index is 0.727. The minimum absolute atomic E-state index is 0.727. The zero-order valence-corrected chi connectivity index (χ0v) is 10.9. The second-order valence-electron chi connectivity index (χ2n) is 6.74. The zero-order chi connectivity index (χ0) is 11.2. The van der Waals surface area contributed by atoms with Crippen molar-refractivity contribution in [2.75, 3.05) is 32.7 Å². The first-order valence-corrected chi connectivity index (χ1v) is 7.13. The van der Waals surface area contributed by atoms with Gasteiger partial charge in [-0.1, -0.05) is 0 Å². The number of hydrogen-bond donors (Lipinski definition) is 0. The molecule has 0 aromatic carbocycles. The van der Waals surface area contributed by atoms with Crippen LogP contribution in [0.15, 0.2) is 0 Å². The fraction of sp³-hybridized carbons (Fsp3) is 1.00. The van der Waals surface area contributed by atoms with E-state index in [9.17, 15) is 0 Å². The molecule has 0 N–H and O–H groups in total. The first-order valence-electron chi connectivity index (χ1n) is 7.13. The van der Waals surface area contributed by atoms with Gasteiger partial charge in [0.25, 0.3) is 0 Å². The van der Waals surface area contributed by atoms with Crippen LogP contribution in [-0.4, -0.2) is 48.6 Å². The van der Waals surface area contributed by atoms with Crippen molar-refractivity contribution in [2.24, 2.45) is 11.3 Å². The fourth-order valence-corrected chi connectivity index (χ4v) is 3.37. The van der Waals surface area contributed by atoms with Gasteiger partial charge in [-0.15, -0.1) is 0 Å². The van der Waals surface area contributed by atoms with Crippen LogP contribution in [0, 0.1) is 11.3 Å². The van der Waals surface area contributed by atoms with Gasteiger partial charge in [0.15, 0.2) is 0 Å². The molecular weight excluding hydrogens is 196 g/mol. The summed E-state index contributed by atoms with van der Waals surface area (Å²) in [6.45, 7) is 11.6. The quantitative estimate of drug-likeness (QED) is 0.722. The van der Waals surface area contributed by atoms with E-state index in [0.717, 1.165) is 17.4 Å². The molecule has 3 aliphatic rings. The standard InChI is InChI=1S/C14H26N2/c1-12(2)16-10-14(11-16)5-7-15(8-6-14)9-13-3-4-13/h12-13H,3-11H2,1-2H3. The van der Waals surface area contributed by atoms with E-state index in [1.165, 1.54) is 58.4 Å². The van der Waals surface area contributed by atoms with Crippen LogP contribution in [0.5, 0.6) is 0 Å². The van der Waals surface area contributed by atoms with Crippen molar-refractivity contribution in [1.29, 1.82) is 0 Å². The molecule has 0 aromatic rings. The summed E-state index contributed by atoms with van der Waals surface area (Å²) in [6, 6.07) is 0.759. The Morgan fingerprint density at radius 2 is 1.75 bits per heavy atom. The molecule has 0 atom stereocenters. The number of piperidine rings is 1. The first kappa shape index (κ1) is 11.0. The molecule has 0 aromatic heterocycles. The summed E-state index contributed by atoms with van der Waals surface area (Å²) in [5.41, 5.74) is 0.727. The highest BCUT2D eigenvalue weighted by Gasteiger charge is 2.45. The predicted molar refractivity (Wildman–Crippen MR) is 67.5 cm³/mol. The molecule has 2 saturated heterocycles. The molecule has 1 spiro atoms. The molecule has 16 heavy (non-hydrogen) atoms. The molecule has 2 nitrogen and oxygen atoms in total. The molecule has 3 rings (SSSR count). The largest absolute Gasteiger partial charge is 0.303 e. The molecular formula is C14H26N2. The molecule has 2 aliphatic heterocycles. The van der Waals surface area contributed by atoms with Crippen molar-refractivity contribution in [3.05, 3.63) is 0 Å². The lowest BCUT2D eigenvalue weighted by Crippen LogP contribution is -2.62. The van der Waals surface area contributed by atoms with Crippen molar-refractivity contribution in [2.45, 2.75) is 45.6 Å². The van der Waals surface area contributed by atoms with E-state index in [4.69, 9.17) is 0 Å². The third-order valence-corrected chi connectivity index (χ3v) is 4.94. The van der Waals surface area contributed by atoms with Gasteiger partial charge >= 0.3 is 0 Å². The summed E-state index contributed by atoms with van der Waals surface area (Å²) in [4.78, 5) is 5.36. The summed E-state index contributed by atoms with van der Waals surface area (Å²) < 4.78 is 0. The van der Waals surface area contributed by atoms with Crippen LogP contribution in [0.4, 0.5) is 0 Å². The Morgan fingerprint density at radius 3 is 2.25 bits per heavy atom. The van der Waals surface area contributed by atoms with Crippen LogP contribution in [0.3, 0.4) is 0 Å². The van der Waals surface area contributed by atoms with E-state index >= 15 is 0 Å². The third-order valence-electron chi connectivity index (χ3n) is 4.94. The molecule has 0 radical (unpaired) electrons. The molecule has 2 heterocycles. The smallest absolute Gasteiger partial charge is 0.00541 e. The SMILES string of the molecule is CC(C)N1CC2(CCN(CC3CC3)CC2)C1. The highest BCUT2D eigenvalue weighted by atomic mass is 15.2. The maximum absolute atomic E-state index is 2.72. The average molecular weight is 222 g/mol. The van der Waals surface area contributed by atoms with Crippen LogP contribution >= 0.6 is 0 Å². The van der Waals surface area contributed by atoms with Gasteiger partial charge in [-0.05, 0) is 64.0 Å². The Hall–Kier alpha value is -0.0800. The molecule has 1 saturated carbocycles. The van der Waals surface area contributed by atoms with Crippen molar-refractivity contribution in [3.8, 4) is 0 Å². The van der Waals surface area contributed by atoms with Gasteiger partial charge in [-0.25, -0.2) is 0 Å². The topological polar surface area (TPSA) is 6.48 Å². The number of likely N-dealkylation sites (tertiary alicyclic amines) is 2. The third kappa shape index (κ3) is 2.14. The lowest BCUT2D eigenvalue weighted by atomic mass is 9.71. The lowest BCUT2D eigenvalue weighted by Gasteiger charge is -2.55. The normalized spacial score (nSPS) is 30.9. The van der Waals surface area contributed by atoms with Crippen LogP contribution in [0.25, 0.3) is 0 Å². The van der Waals surface area contributed by atoms with Gasteiger partial charge in [0.1, 0.15) is 0 Å². The Kier molecular flexibility index (Phi) is 2.75. The summed E-state index contributed by atoms with van der Waals surface area (Å²) in [7, 11) is 0. The van der Waals surface area contributed by atoms with Gasteiger partial charge in [0, 0.05) is 25.7 Å². The highest BCUT2D eigenvalue weighted by molar-refractivity contribution is 4.99. The maximum atomic E-state index is 2.72. The molecule has 0 unspecified atom stereocenters. The fourth-order valence-electron chi connectivity index (χ4n) is 3.37. The monoisotopic (exact) mass is 222 g/mol. The second kappa shape index (κ2) is 3.99. The summed E-state index contributed by atoms with van der Waals surface area (Å²) in [6.07, 6.45) is 5.93. The van der Waals surface area contributed by atoms with Crippen LogP contribution in [0.2, 0.25) is 0 Å². The van der Waals surface area contributed by atoms with Gasteiger partial charge in [-0.2, -0.15) is 0 Å². The maximum Gasteiger partial charge on any atom is 0.00541 e. The van der Waals surface area contributed by atoms with Crippen molar-refractivity contribution in [3.63, 3.8) is 0 Å². The van der Waals surface area contributed by atoms with Gasteiger partial charge < -0.3 is 4.90 Å². The van der Waals surface area contributed by atoms with E-state index in [2.05, 4.69) is 23.6 Å². The number of nitrogens with zero attached hydrogens (tertiary/aromatic N) is 2. The minimum Gasteiger partial charge on any atom is -0.303 e. The molecule has 0 amide bonds. The molecule has 0 bridgehead atoms. The predicted octanol–water partition coefficient (Wildman–Crippen LogP) is 2.20. The summed E-state index contributed by atoms with van der Waals surface area (Å²) in [5, 5.41) is 0. The van der Waals surface area contributed by atoms with Crippen molar-refractivity contribution >= 4 is 0 Å². The van der Waals surface area contributed by atoms with Crippen molar-refractivity contribution in [1.82, 2.24) is 9.80 Å². The molecule has 92 valence electrons. The molecule has 1 aliphatic carbocycles. The molecule has 3 fully saturated rings. The van der Waals surface area contributed by atoms with E-state index in [1.54, 1.807) is 0 Å². The van der Waals surface area contributed by atoms with Gasteiger partial charge in [0.05, 0.1) is 0 Å². The van der Waals surface area contributed by atoms with E-state index in [-0.39, 0.29) is 0 Å². The van der Waals surface area contributed by atoms with Gasteiger partial charge in [0.2, 0.25) is 0 Å². The van der Waals surface area contributed by atoms with Gasteiger partial charge in [-0.3, -0.25) is 4.90 Å². The van der Waals surface area contributed by atoms with Crippen LogP contribution in [-0.2, 0) is 0 Å². The van der Waals surface area contributed by atoms with E-state index in [1.807, 2.05) is 0 Å². The summed E-state index contributed by atoms with van der Waals surface area (Å²) in [5.74, 6) is 1.07. The first-order chi connectivity index (χ1) is 7.67. The summed E-state index contributed by atoms with van der Waals surface area (Å²) >= 11 is 0. The average Bonchev–Trinajstić information content (AvgIpc) is 2.99. The zero-order valence-electron chi connectivity index (χ0n) is 10.9. The van der Waals surface area contributed by atoms with E-state index < -0.39 is 0 Å². The van der Waals surface area contributed by atoms with E-state index in [0.29, 0.717) is 0 Å². The van der Waals surface area contributed by atoms with Crippen LogP contribution < -0.4 is 0 Å². The van der Waals surface area contributed by atoms with Crippen LogP contribution in [0.1, 0.15) is 39.5 Å². The Bertz CT molecular complexity index is 241. The second-order valence-corrected chi connectivity index (χ2v) is 6.74. The number of hydrogen-bond acceptors (Lipinski definition) is 2.